The lowest BCUT2D eigenvalue weighted by molar-refractivity contribution is 0.149. The standard InChI is InChI=1S/C12H19NO4S/c1-10(9-17-3)13(2)18(15,16)12-7-5-4-6-11(12)8-14/h4-7,10,14H,8-9H2,1-3H3. The van der Waals surface area contributed by atoms with Crippen molar-refractivity contribution in [1.29, 1.82) is 0 Å². The van der Waals surface area contributed by atoms with Gasteiger partial charge in [-0.05, 0) is 18.6 Å². The van der Waals surface area contributed by atoms with Crippen LogP contribution in [-0.4, -0.2) is 44.6 Å². The molecule has 0 aliphatic rings. The Morgan fingerprint density at radius 3 is 2.56 bits per heavy atom. The van der Waals surface area contributed by atoms with Crippen LogP contribution < -0.4 is 0 Å². The number of sulfonamides is 1. The first-order valence-electron chi connectivity index (χ1n) is 5.61. The first-order valence-corrected chi connectivity index (χ1v) is 7.05. The third kappa shape index (κ3) is 3.08. The van der Waals surface area contributed by atoms with Gasteiger partial charge in [0.05, 0.1) is 18.1 Å². The molecule has 5 nitrogen and oxygen atoms in total. The van der Waals surface area contributed by atoms with Crippen molar-refractivity contribution in [3.05, 3.63) is 29.8 Å². The van der Waals surface area contributed by atoms with E-state index in [1.807, 2.05) is 0 Å². The molecule has 0 aliphatic heterocycles. The van der Waals surface area contributed by atoms with Crippen molar-refractivity contribution in [2.45, 2.75) is 24.5 Å². The fourth-order valence-corrected chi connectivity index (χ4v) is 3.18. The lowest BCUT2D eigenvalue weighted by Gasteiger charge is -2.24. The van der Waals surface area contributed by atoms with E-state index < -0.39 is 10.0 Å². The molecule has 1 atom stereocenters. The predicted molar refractivity (Wildman–Crippen MR) is 68.7 cm³/mol. The molecule has 0 fully saturated rings. The van der Waals surface area contributed by atoms with Crippen LogP contribution in [0, 0.1) is 0 Å². The van der Waals surface area contributed by atoms with Gasteiger partial charge in [0, 0.05) is 20.2 Å². The molecule has 0 aliphatic carbocycles. The molecule has 0 bridgehead atoms. The summed E-state index contributed by atoms with van der Waals surface area (Å²) in [5.74, 6) is 0. The Morgan fingerprint density at radius 1 is 1.39 bits per heavy atom. The molecule has 0 heterocycles. The SMILES string of the molecule is COCC(C)N(C)S(=O)(=O)c1ccccc1CO. The Labute approximate surface area is 108 Å². The van der Waals surface area contributed by atoms with Crippen LogP contribution in [0.2, 0.25) is 0 Å². The fourth-order valence-electron chi connectivity index (χ4n) is 1.62. The predicted octanol–water partition coefficient (Wildman–Crippen LogP) is 0.834. The van der Waals surface area contributed by atoms with Gasteiger partial charge in [0.2, 0.25) is 10.0 Å². The summed E-state index contributed by atoms with van der Waals surface area (Å²) in [6, 6.07) is 6.16. The highest BCUT2D eigenvalue weighted by Gasteiger charge is 2.27. The first-order chi connectivity index (χ1) is 8.45. The summed E-state index contributed by atoms with van der Waals surface area (Å²) in [6.07, 6.45) is 0. The molecular formula is C12H19NO4S. The number of hydrogen-bond donors (Lipinski definition) is 1. The van der Waals surface area contributed by atoms with Crippen molar-refractivity contribution in [1.82, 2.24) is 4.31 Å². The largest absolute Gasteiger partial charge is 0.392 e. The zero-order valence-electron chi connectivity index (χ0n) is 10.8. The molecule has 6 heteroatoms. The van der Waals surface area contributed by atoms with Crippen LogP contribution >= 0.6 is 0 Å². The lowest BCUT2D eigenvalue weighted by Crippen LogP contribution is -2.38. The van der Waals surface area contributed by atoms with E-state index in [2.05, 4.69) is 0 Å². The maximum Gasteiger partial charge on any atom is 0.243 e. The molecule has 1 N–H and O–H groups in total. The van der Waals surface area contributed by atoms with Gasteiger partial charge in [-0.2, -0.15) is 4.31 Å². The molecular weight excluding hydrogens is 254 g/mol. The number of aliphatic hydroxyl groups is 1. The fraction of sp³-hybridized carbons (Fsp3) is 0.500. The molecule has 0 saturated carbocycles. The number of ether oxygens (including phenoxy) is 1. The van der Waals surface area contributed by atoms with Gasteiger partial charge in [0.1, 0.15) is 0 Å². The normalized spacial score (nSPS) is 13.8. The molecule has 102 valence electrons. The van der Waals surface area contributed by atoms with Gasteiger partial charge in [-0.1, -0.05) is 18.2 Å². The van der Waals surface area contributed by atoms with E-state index >= 15 is 0 Å². The van der Waals surface area contributed by atoms with Crippen LogP contribution in [0.5, 0.6) is 0 Å². The second-order valence-electron chi connectivity index (χ2n) is 4.09. The quantitative estimate of drug-likeness (QED) is 0.834. The Morgan fingerprint density at radius 2 is 2.00 bits per heavy atom. The summed E-state index contributed by atoms with van der Waals surface area (Å²) in [6.45, 7) is 1.78. The maximum atomic E-state index is 12.4. The van der Waals surface area contributed by atoms with Crippen molar-refractivity contribution in [2.75, 3.05) is 20.8 Å². The summed E-state index contributed by atoms with van der Waals surface area (Å²) in [7, 11) is -0.576. The summed E-state index contributed by atoms with van der Waals surface area (Å²) >= 11 is 0. The van der Waals surface area contributed by atoms with Crippen molar-refractivity contribution in [3.8, 4) is 0 Å². The third-order valence-electron chi connectivity index (χ3n) is 2.83. The summed E-state index contributed by atoms with van der Waals surface area (Å²) < 4.78 is 31.0. The number of nitrogens with zero attached hydrogens (tertiary/aromatic N) is 1. The molecule has 1 unspecified atom stereocenters. The molecule has 1 rings (SSSR count). The maximum absolute atomic E-state index is 12.4. The van der Waals surface area contributed by atoms with Gasteiger partial charge in [0.15, 0.2) is 0 Å². The van der Waals surface area contributed by atoms with Crippen LogP contribution in [0.3, 0.4) is 0 Å². The molecule has 0 spiro atoms. The monoisotopic (exact) mass is 273 g/mol. The minimum absolute atomic E-state index is 0.137. The van der Waals surface area contributed by atoms with E-state index in [0.29, 0.717) is 12.2 Å². The number of aliphatic hydroxyl groups excluding tert-OH is 1. The van der Waals surface area contributed by atoms with Crippen LogP contribution in [0.4, 0.5) is 0 Å². The van der Waals surface area contributed by atoms with E-state index in [0.717, 1.165) is 0 Å². The summed E-state index contributed by atoms with van der Waals surface area (Å²) in [5.41, 5.74) is 0.397. The minimum atomic E-state index is -3.61. The van der Waals surface area contributed by atoms with Crippen LogP contribution in [-0.2, 0) is 21.4 Å². The van der Waals surface area contributed by atoms with E-state index in [9.17, 15) is 13.5 Å². The molecule has 0 aromatic heterocycles. The van der Waals surface area contributed by atoms with E-state index in [1.165, 1.54) is 24.5 Å². The summed E-state index contributed by atoms with van der Waals surface area (Å²) in [4.78, 5) is 0.137. The van der Waals surface area contributed by atoms with Gasteiger partial charge in [0.25, 0.3) is 0 Å². The molecule has 0 amide bonds. The summed E-state index contributed by atoms with van der Waals surface area (Å²) in [5, 5.41) is 9.20. The Kier molecular flexibility index (Phi) is 5.28. The van der Waals surface area contributed by atoms with Crippen molar-refractivity contribution >= 4 is 10.0 Å². The number of methoxy groups -OCH3 is 1. The average molecular weight is 273 g/mol. The number of rotatable bonds is 6. The molecule has 0 saturated heterocycles. The van der Waals surface area contributed by atoms with Crippen LogP contribution in [0.25, 0.3) is 0 Å². The number of benzene rings is 1. The number of hydrogen-bond acceptors (Lipinski definition) is 4. The zero-order valence-corrected chi connectivity index (χ0v) is 11.6. The van der Waals surface area contributed by atoms with Gasteiger partial charge < -0.3 is 9.84 Å². The van der Waals surface area contributed by atoms with Crippen molar-refractivity contribution in [2.24, 2.45) is 0 Å². The van der Waals surface area contributed by atoms with E-state index in [-0.39, 0.29) is 17.5 Å². The molecule has 18 heavy (non-hydrogen) atoms. The lowest BCUT2D eigenvalue weighted by atomic mass is 10.2. The average Bonchev–Trinajstić information content (AvgIpc) is 2.38. The molecule has 0 radical (unpaired) electrons. The van der Waals surface area contributed by atoms with Crippen molar-refractivity contribution in [3.63, 3.8) is 0 Å². The van der Waals surface area contributed by atoms with Gasteiger partial charge in [-0.15, -0.1) is 0 Å². The van der Waals surface area contributed by atoms with E-state index in [4.69, 9.17) is 4.74 Å². The van der Waals surface area contributed by atoms with Gasteiger partial charge in [-0.25, -0.2) is 8.42 Å². The van der Waals surface area contributed by atoms with Gasteiger partial charge >= 0.3 is 0 Å². The second kappa shape index (κ2) is 6.29. The minimum Gasteiger partial charge on any atom is -0.392 e. The third-order valence-corrected chi connectivity index (χ3v) is 4.90. The zero-order chi connectivity index (χ0) is 13.8. The van der Waals surface area contributed by atoms with Crippen LogP contribution in [0.15, 0.2) is 29.2 Å². The Hall–Kier alpha value is -0.950. The van der Waals surface area contributed by atoms with E-state index in [1.54, 1.807) is 25.1 Å². The highest BCUT2D eigenvalue weighted by atomic mass is 32.2. The second-order valence-corrected chi connectivity index (χ2v) is 6.06. The van der Waals surface area contributed by atoms with Crippen molar-refractivity contribution < 1.29 is 18.3 Å². The topological polar surface area (TPSA) is 66.8 Å². The van der Waals surface area contributed by atoms with Crippen LogP contribution in [0.1, 0.15) is 12.5 Å². The Bertz CT molecular complexity index is 487. The highest BCUT2D eigenvalue weighted by molar-refractivity contribution is 7.89. The smallest absolute Gasteiger partial charge is 0.243 e. The molecule has 1 aromatic rings. The first kappa shape index (κ1) is 15.1. The number of likely N-dealkylation sites (N-methyl/N-ethyl adjacent to an activating group) is 1. The highest BCUT2D eigenvalue weighted by Crippen LogP contribution is 2.20. The Balaban J connectivity index is 3.13. The van der Waals surface area contributed by atoms with Gasteiger partial charge in [-0.3, -0.25) is 0 Å². The molecule has 1 aromatic carbocycles.